The van der Waals surface area contributed by atoms with E-state index in [1.807, 2.05) is 60.8 Å². The predicted molar refractivity (Wildman–Crippen MR) is 494 cm³/mol. The number of rotatable bonds is 7. The third-order valence-corrected chi connectivity index (χ3v) is 21.3. The fourth-order valence-corrected chi connectivity index (χ4v) is 16.1. The van der Waals surface area contributed by atoms with Crippen molar-refractivity contribution < 1.29 is 269 Å². The summed E-state index contributed by atoms with van der Waals surface area (Å²) in [6.45, 7) is 26.6. The molecule has 0 aliphatic carbocycles. The minimum Gasteiger partial charge on any atom is -0.480 e. The number of methoxy groups -OCH3 is 1. The Hall–Kier alpha value is -3.96. The zero-order valence-corrected chi connectivity index (χ0v) is 101. The third-order valence-electron chi connectivity index (χ3n) is 21.3. The molecule has 10 radical (unpaired) electrons. The largest absolute Gasteiger partial charge is 0.480 e. The number of aromatic nitrogens is 10. The second kappa shape index (κ2) is 50.9. The van der Waals surface area contributed by atoms with E-state index in [1.165, 1.54) is 109 Å². The van der Waals surface area contributed by atoms with Crippen molar-refractivity contribution >= 4 is 137 Å². The molecule has 21 heteroatoms. The Labute approximate surface area is 937 Å². The summed E-state index contributed by atoms with van der Waals surface area (Å²) in [7, 11) is 1.63. The van der Waals surface area contributed by atoms with Crippen LogP contribution in [-0.2, 0) is 277 Å². The minimum atomic E-state index is 0. The monoisotopic (exact) mass is 2930 g/mol. The van der Waals surface area contributed by atoms with Crippen molar-refractivity contribution in [1.29, 1.82) is 0 Å². The molecule has 0 saturated carbocycles. The smallest absolute Gasteiger partial charge is 0.221 e. The first-order valence-electron chi connectivity index (χ1n) is 38.6. The number of imidazole rings is 5. The van der Waals surface area contributed by atoms with Gasteiger partial charge in [0.2, 0.25) is 5.88 Å². The van der Waals surface area contributed by atoms with Gasteiger partial charge in [-0.15, -0.1) is 148 Å². The molecule has 11 aromatic carbocycles. The van der Waals surface area contributed by atoms with Gasteiger partial charge in [0.1, 0.15) is 0 Å². The molecule has 0 saturated heterocycles. The summed E-state index contributed by atoms with van der Waals surface area (Å²) in [5.74, 6) is 1.91. The van der Waals surface area contributed by atoms with Gasteiger partial charge in [-0.1, -0.05) is 204 Å². The van der Waals surface area contributed by atoms with Crippen molar-refractivity contribution in [1.82, 2.24) is 46.9 Å². The number of benzene rings is 11. The second-order valence-corrected chi connectivity index (χ2v) is 31.2. The second-order valence-electron chi connectivity index (χ2n) is 31.2. The number of hydrogen-bond acceptors (Lipinski definition) is 6. The topological polar surface area (TPSA) is 95.7 Å². The maximum absolute atomic E-state index is 5.25. The van der Waals surface area contributed by atoms with Crippen molar-refractivity contribution in [3.8, 4) is 17.1 Å². The molecule has 21 aromatic rings. The molecular formula is C105H102Ir5N10OY5-10. The average molecular weight is 2930 g/mol. The number of para-hydroxylation sites is 3. The molecule has 126 heavy (non-hydrogen) atoms. The van der Waals surface area contributed by atoms with E-state index in [-0.39, 0.29) is 307 Å². The van der Waals surface area contributed by atoms with Crippen molar-refractivity contribution in [2.24, 2.45) is 5.41 Å². The summed E-state index contributed by atoms with van der Waals surface area (Å²) in [6, 6.07) is 92.9. The van der Waals surface area contributed by atoms with E-state index in [0.29, 0.717) is 23.6 Å². The normalized spacial score (nSPS) is 10.5. The number of hydrogen-bond donors (Lipinski definition) is 0. The van der Waals surface area contributed by atoms with Gasteiger partial charge < -0.3 is 63.9 Å². The van der Waals surface area contributed by atoms with E-state index < -0.39 is 0 Å². The predicted octanol–water partition coefficient (Wildman–Crippen LogP) is 27.2. The molecule has 21 rings (SSSR count). The van der Waals surface area contributed by atoms with Crippen molar-refractivity contribution in [2.75, 3.05) is 7.11 Å². The van der Waals surface area contributed by atoms with E-state index >= 15 is 0 Å². The van der Waals surface area contributed by atoms with Crippen molar-refractivity contribution in [2.45, 2.75) is 114 Å². The number of aryl methyl sites for hydroxylation is 3. The van der Waals surface area contributed by atoms with Crippen molar-refractivity contribution in [3.05, 3.63) is 356 Å². The molecule has 0 amide bonds. The maximum Gasteiger partial charge on any atom is 0.221 e. The SMILES string of the molecule is CC(C)c1cn2c3ccccc3c3ccc[c-]c3c2n1.CCc1cn2c3ccccc3c3ccc[c-]c3c2n1.COc1cn2c3ccccc3c3ccc[c-]c3c2n1.Cc1ccc2c(c1)c1ccc[c-]c1c1nc(CC(C)(C)C)cn21.Cc1ccc2c(c1)c1ccc[c-]c1c1ncc(-c3c(C(C)C)cccc3C(C)C)n21.[CH3-].[CH3-].[CH3-].[CH3-].[CH3-].[Ir].[Ir].[Ir].[Ir].[Ir].[Y].[Y].[Y].[Y].[Y]. The molecule has 10 aromatic heterocycles. The van der Waals surface area contributed by atoms with Crippen molar-refractivity contribution in [3.63, 3.8) is 0 Å². The number of ether oxygens (including phenoxy) is 1. The maximum atomic E-state index is 5.25. The van der Waals surface area contributed by atoms with Gasteiger partial charge in [-0.05, 0) is 118 Å². The molecule has 0 bridgehead atoms. The Morgan fingerprint density at radius 1 is 0.357 bits per heavy atom. The molecule has 0 unspecified atom stereocenters. The molecule has 0 fully saturated rings. The van der Waals surface area contributed by atoms with Crippen LogP contribution >= 0.6 is 0 Å². The van der Waals surface area contributed by atoms with Crippen LogP contribution in [-0.4, -0.2) is 54.0 Å². The van der Waals surface area contributed by atoms with Crippen LogP contribution in [0.15, 0.2) is 249 Å². The van der Waals surface area contributed by atoms with E-state index in [2.05, 4.69) is 329 Å². The molecule has 0 aliphatic heterocycles. The quantitative estimate of drug-likeness (QED) is 0.117. The summed E-state index contributed by atoms with van der Waals surface area (Å²) in [4.78, 5) is 23.9. The number of fused-ring (bicyclic) bond motifs is 30. The summed E-state index contributed by atoms with van der Waals surface area (Å²) < 4.78 is 16.3. The van der Waals surface area contributed by atoms with E-state index in [1.54, 1.807) is 7.11 Å². The summed E-state index contributed by atoms with van der Waals surface area (Å²) >= 11 is 0. The zero-order valence-electron chi connectivity index (χ0n) is 74.8. The Morgan fingerprint density at radius 2 is 0.698 bits per heavy atom. The first-order valence-corrected chi connectivity index (χ1v) is 38.6. The Kier molecular flexibility index (Phi) is 47.7. The van der Waals surface area contributed by atoms with Gasteiger partial charge in [0.05, 0.1) is 47.2 Å². The molecule has 11 nitrogen and oxygen atoms in total. The number of nitrogens with zero attached hydrogens (tertiary/aromatic N) is 10. The van der Waals surface area contributed by atoms with E-state index in [9.17, 15) is 0 Å². The van der Waals surface area contributed by atoms with Gasteiger partial charge >= 0.3 is 0 Å². The molecule has 0 spiro atoms. The van der Waals surface area contributed by atoms with Crippen LogP contribution in [0, 0.1) is 86.7 Å². The van der Waals surface area contributed by atoms with Gasteiger partial charge in [-0.2, -0.15) is 0 Å². The van der Waals surface area contributed by atoms with E-state index in [4.69, 9.17) is 24.7 Å². The van der Waals surface area contributed by atoms with Gasteiger partial charge in [0.15, 0.2) is 0 Å². The van der Waals surface area contributed by atoms with Gasteiger partial charge in [-0.25, -0.2) is 4.98 Å². The Bertz CT molecular complexity index is 6820. The van der Waals surface area contributed by atoms with Crippen LogP contribution < -0.4 is 4.74 Å². The zero-order chi connectivity index (χ0) is 76.5. The first-order chi connectivity index (χ1) is 53.9. The number of pyridine rings is 5. The molecular weight excluding hydrogens is 2820 g/mol. The van der Waals surface area contributed by atoms with Crippen LogP contribution in [0.25, 0.3) is 148 Å². The Morgan fingerprint density at radius 3 is 1.10 bits per heavy atom. The third kappa shape index (κ3) is 23.3. The minimum absolute atomic E-state index is 0. The van der Waals surface area contributed by atoms with Crippen LogP contribution in [0.4, 0.5) is 0 Å². The molecule has 0 aliphatic rings. The standard InChI is InChI=1S/C28H27N2.C21H21N2.C18H15N2.C17H13N2.C16H11N2O.5CH3.5Ir.5Y/c1-17(2)20-11-8-12-21(18(3)4)27(20)26-16-29-28-23-10-7-6-9-22(23)24-15-19(5)13-14-25(24)30(26)28;1-14-9-10-19-18(11-14)16-7-5-6-8-17(16)20-22-15(13-23(19)20)12-21(2,3)4;1-12(2)16-11-20-17-10-6-5-8-14(17)13-7-3-4-9-15(13)18(20)19-16;1-2-12-11-19-16-10-6-5-8-14(16)13-7-3-4-9-15(13)17(19)18-12;1-19-15-10-18-14-9-5-4-7-12(14)11-6-2-3-8-13(11)16(18)17-15;;;;;;;;;;;;;;;/h6-9,11-18H,1-5H3;5-7,9-11,13H,12H2,1-4H3;3-8,10-12H,1-2H3;3-8,10-11H,2H2,1H3;2-7,9-10H,1H3;5*1H3;;;;;;;;;;/q10*-1;;;;;;;;;;. The summed E-state index contributed by atoms with van der Waals surface area (Å²) in [5.41, 5.74) is 22.2. The van der Waals surface area contributed by atoms with E-state index in [0.717, 1.165) is 90.6 Å². The fourth-order valence-electron chi connectivity index (χ4n) is 16.1. The van der Waals surface area contributed by atoms with Gasteiger partial charge in [0.25, 0.3) is 0 Å². The molecule has 648 valence electrons. The molecule has 0 N–H and O–H groups in total. The fraction of sp³-hybridized carbons (Fsp3) is 0.181. The van der Waals surface area contributed by atoms with Gasteiger partial charge in [0, 0.05) is 339 Å². The first kappa shape index (κ1) is 118. The molecule has 10 heterocycles. The average Bonchev–Trinajstić information content (AvgIpc) is 1.53. The van der Waals surface area contributed by atoms with Crippen LogP contribution in [0.1, 0.15) is 126 Å². The summed E-state index contributed by atoms with van der Waals surface area (Å²) in [6.07, 6.45) is 12.4. The summed E-state index contributed by atoms with van der Waals surface area (Å²) in [5, 5.41) is 17.7. The molecule has 0 atom stereocenters. The van der Waals surface area contributed by atoms with Gasteiger partial charge in [-0.3, -0.25) is 19.9 Å². The van der Waals surface area contributed by atoms with Crippen LogP contribution in [0.3, 0.4) is 0 Å². The van der Waals surface area contributed by atoms with Crippen LogP contribution in [0.5, 0.6) is 5.88 Å². The Balaban J connectivity index is 0.000000523. The van der Waals surface area contributed by atoms with Crippen LogP contribution in [0.2, 0.25) is 0 Å².